The van der Waals surface area contributed by atoms with Gasteiger partial charge in [0.1, 0.15) is 0 Å². The predicted molar refractivity (Wildman–Crippen MR) is 141 cm³/mol. The van der Waals surface area contributed by atoms with Crippen molar-refractivity contribution in [2.45, 2.75) is 44.6 Å². The second-order valence-corrected chi connectivity index (χ2v) is 9.78. The maximum atomic E-state index is 13.8. The van der Waals surface area contributed by atoms with Gasteiger partial charge < -0.3 is 15.5 Å². The molecule has 1 aliphatic carbocycles. The van der Waals surface area contributed by atoms with E-state index in [2.05, 4.69) is 15.6 Å². The van der Waals surface area contributed by atoms with Gasteiger partial charge in [0.15, 0.2) is 11.5 Å². The van der Waals surface area contributed by atoms with Gasteiger partial charge in [0.2, 0.25) is 0 Å². The van der Waals surface area contributed by atoms with Gasteiger partial charge in [-0.05, 0) is 62.9 Å². The van der Waals surface area contributed by atoms with E-state index in [4.69, 9.17) is 10.1 Å². The highest BCUT2D eigenvalue weighted by Gasteiger charge is 2.31. The van der Waals surface area contributed by atoms with E-state index in [0.29, 0.717) is 48.9 Å². The van der Waals surface area contributed by atoms with E-state index in [1.165, 1.54) is 0 Å². The molecule has 37 heavy (non-hydrogen) atoms. The molecule has 1 aliphatic heterocycles. The summed E-state index contributed by atoms with van der Waals surface area (Å²) in [6, 6.07) is 16.8. The molecule has 1 aromatic carbocycles. The van der Waals surface area contributed by atoms with E-state index in [1.807, 2.05) is 66.4 Å². The maximum Gasteiger partial charge on any atom is 0.319 e. The number of anilines is 1. The molecule has 0 radical (unpaired) electrons. The molecule has 2 aliphatic rings. The predicted octanol–water partition coefficient (Wildman–Crippen LogP) is 4.43. The molecule has 4 aromatic rings. The number of fused-ring (bicyclic) bond motifs is 1. The number of carbonyl (C=O) groups excluding carboxylic acids is 2. The fraction of sp³-hybridized carbons (Fsp3) is 0.321. The Balaban J connectivity index is 1.21. The van der Waals surface area contributed by atoms with Crippen molar-refractivity contribution < 1.29 is 9.59 Å². The van der Waals surface area contributed by atoms with Crippen LogP contribution in [-0.4, -0.2) is 55.7 Å². The van der Waals surface area contributed by atoms with E-state index in [9.17, 15) is 9.59 Å². The Kier molecular flexibility index (Phi) is 6.04. The number of rotatable bonds is 5. The number of likely N-dealkylation sites (tertiary alicyclic amines) is 1. The first-order valence-electron chi connectivity index (χ1n) is 12.8. The van der Waals surface area contributed by atoms with Crippen LogP contribution in [0.25, 0.3) is 16.9 Å². The lowest BCUT2D eigenvalue weighted by Gasteiger charge is -2.32. The molecule has 1 saturated carbocycles. The Hall–Kier alpha value is -4.27. The standard InChI is InChI=1S/C28H29N7O2/c1-18-25-22(17-23(19-10-11-19)32-26(25)35(33-18)24-9-5-6-14-29-24)27(36)34-15-12-21(13-16-34)31-28(37)30-20-7-3-2-4-8-20/h2-9,14,17,19,21H,10-13,15-16H2,1H3,(H2,30,31,37). The molecule has 0 spiro atoms. The molecule has 4 heterocycles. The van der Waals surface area contributed by atoms with Gasteiger partial charge in [-0.2, -0.15) is 9.78 Å². The minimum atomic E-state index is -0.224. The Labute approximate surface area is 214 Å². The molecule has 9 heteroatoms. The number of aryl methyl sites for hydroxylation is 1. The fourth-order valence-corrected chi connectivity index (χ4v) is 4.98. The van der Waals surface area contributed by atoms with Gasteiger partial charge >= 0.3 is 6.03 Å². The number of aromatic nitrogens is 4. The summed E-state index contributed by atoms with van der Waals surface area (Å²) in [6.07, 6.45) is 5.30. The number of piperidine rings is 1. The monoisotopic (exact) mass is 495 g/mol. The van der Waals surface area contributed by atoms with E-state index in [1.54, 1.807) is 10.9 Å². The highest BCUT2D eigenvalue weighted by Crippen LogP contribution is 2.41. The number of nitrogens with zero attached hydrogens (tertiary/aromatic N) is 5. The number of hydrogen-bond acceptors (Lipinski definition) is 5. The number of carbonyl (C=O) groups is 2. The van der Waals surface area contributed by atoms with Crippen LogP contribution in [0.5, 0.6) is 0 Å². The van der Waals surface area contributed by atoms with Crippen molar-refractivity contribution in [2.75, 3.05) is 18.4 Å². The summed E-state index contributed by atoms with van der Waals surface area (Å²) in [6.45, 7) is 3.06. The largest absolute Gasteiger partial charge is 0.338 e. The van der Waals surface area contributed by atoms with Gasteiger partial charge in [-0.25, -0.2) is 14.8 Å². The quantitative estimate of drug-likeness (QED) is 0.426. The number of urea groups is 1. The van der Waals surface area contributed by atoms with Crippen molar-refractivity contribution >= 4 is 28.7 Å². The van der Waals surface area contributed by atoms with Crippen LogP contribution in [0.4, 0.5) is 10.5 Å². The van der Waals surface area contributed by atoms with E-state index in [-0.39, 0.29) is 18.0 Å². The summed E-state index contributed by atoms with van der Waals surface area (Å²) in [7, 11) is 0. The van der Waals surface area contributed by atoms with Crippen LogP contribution in [0.15, 0.2) is 60.8 Å². The molecule has 3 amide bonds. The van der Waals surface area contributed by atoms with Crippen LogP contribution in [0.1, 0.15) is 53.3 Å². The van der Waals surface area contributed by atoms with Crippen molar-refractivity contribution in [3.05, 3.63) is 77.7 Å². The van der Waals surface area contributed by atoms with Crippen molar-refractivity contribution in [1.82, 2.24) is 30.0 Å². The van der Waals surface area contributed by atoms with Gasteiger partial charge in [-0.15, -0.1) is 0 Å². The number of nitrogens with one attached hydrogen (secondary N) is 2. The van der Waals surface area contributed by atoms with Gasteiger partial charge in [0.05, 0.1) is 16.6 Å². The molecule has 9 nitrogen and oxygen atoms in total. The van der Waals surface area contributed by atoms with E-state index >= 15 is 0 Å². The average Bonchev–Trinajstić information content (AvgIpc) is 3.73. The fourth-order valence-electron chi connectivity index (χ4n) is 4.98. The van der Waals surface area contributed by atoms with E-state index < -0.39 is 0 Å². The average molecular weight is 496 g/mol. The molecule has 3 aromatic heterocycles. The van der Waals surface area contributed by atoms with E-state index in [0.717, 1.165) is 35.3 Å². The Morgan fingerprint density at radius 3 is 2.43 bits per heavy atom. The molecule has 0 bridgehead atoms. The molecule has 1 saturated heterocycles. The van der Waals surface area contributed by atoms with Crippen LogP contribution in [-0.2, 0) is 0 Å². The molecule has 2 N–H and O–H groups in total. The second kappa shape index (κ2) is 9.65. The molecule has 0 atom stereocenters. The minimum absolute atomic E-state index is 0.00911. The van der Waals surface area contributed by atoms with Crippen molar-refractivity contribution in [3.63, 3.8) is 0 Å². The summed E-state index contributed by atoms with van der Waals surface area (Å²) in [5, 5.41) is 11.4. The Morgan fingerprint density at radius 1 is 0.973 bits per heavy atom. The highest BCUT2D eigenvalue weighted by atomic mass is 16.2. The lowest BCUT2D eigenvalue weighted by Crippen LogP contribution is -2.47. The second-order valence-electron chi connectivity index (χ2n) is 9.78. The maximum absolute atomic E-state index is 13.8. The third-order valence-electron chi connectivity index (χ3n) is 7.07. The molecule has 2 fully saturated rings. The summed E-state index contributed by atoms with van der Waals surface area (Å²) < 4.78 is 1.74. The minimum Gasteiger partial charge on any atom is -0.338 e. The van der Waals surface area contributed by atoms with Crippen LogP contribution in [0.2, 0.25) is 0 Å². The van der Waals surface area contributed by atoms with Gasteiger partial charge in [-0.3, -0.25) is 4.79 Å². The summed E-state index contributed by atoms with van der Waals surface area (Å²) in [5.41, 5.74) is 3.79. The zero-order valence-corrected chi connectivity index (χ0v) is 20.7. The molecule has 188 valence electrons. The number of benzene rings is 1. The van der Waals surface area contributed by atoms with Gasteiger partial charge in [0.25, 0.3) is 5.91 Å². The van der Waals surface area contributed by atoms with Gasteiger partial charge in [-0.1, -0.05) is 24.3 Å². The Bertz CT molecular complexity index is 1440. The first kappa shape index (κ1) is 23.1. The van der Waals surface area contributed by atoms with Crippen molar-refractivity contribution in [1.29, 1.82) is 0 Å². The number of para-hydroxylation sites is 1. The third-order valence-corrected chi connectivity index (χ3v) is 7.07. The van der Waals surface area contributed by atoms with Crippen LogP contribution >= 0.6 is 0 Å². The van der Waals surface area contributed by atoms with Gasteiger partial charge in [0, 0.05) is 42.6 Å². The van der Waals surface area contributed by atoms with Crippen LogP contribution in [0.3, 0.4) is 0 Å². The lowest BCUT2D eigenvalue weighted by atomic mass is 10.0. The lowest BCUT2D eigenvalue weighted by molar-refractivity contribution is 0.0710. The Morgan fingerprint density at radius 2 is 1.73 bits per heavy atom. The SMILES string of the molecule is Cc1nn(-c2ccccn2)c2nc(C3CC3)cc(C(=O)N3CCC(NC(=O)Nc4ccccc4)CC3)c12. The number of hydrogen-bond donors (Lipinski definition) is 2. The smallest absolute Gasteiger partial charge is 0.319 e. The highest BCUT2D eigenvalue weighted by molar-refractivity contribution is 6.07. The number of pyridine rings is 2. The first-order valence-corrected chi connectivity index (χ1v) is 12.8. The summed E-state index contributed by atoms with van der Waals surface area (Å²) in [5.74, 6) is 1.06. The van der Waals surface area contributed by atoms with Crippen molar-refractivity contribution in [2.24, 2.45) is 0 Å². The molecular weight excluding hydrogens is 466 g/mol. The molecule has 0 unspecified atom stereocenters. The zero-order valence-electron chi connectivity index (χ0n) is 20.7. The summed E-state index contributed by atoms with van der Waals surface area (Å²) >= 11 is 0. The molecule has 6 rings (SSSR count). The first-order chi connectivity index (χ1) is 18.1. The van der Waals surface area contributed by atoms with Crippen LogP contribution in [0, 0.1) is 6.92 Å². The molecular formula is C28H29N7O2. The van der Waals surface area contributed by atoms with Crippen LogP contribution < -0.4 is 10.6 Å². The van der Waals surface area contributed by atoms with Crippen molar-refractivity contribution in [3.8, 4) is 5.82 Å². The summed E-state index contributed by atoms with van der Waals surface area (Å²) in [4.78, 5) is 37.5. The zero-order chi connectivity index (χ0) is 25.4. The normalized spacial score (nSPS) is 16.1. The third kappa shape index (κ3) is 4.76. The topological polar surface area (TPSA) is 105 Å². The number of amides is 3.